The molecule has 0 saturated heterocycles. The van der Waals surface area contributed by atoms with Crippen LogP contribution in [0.25, 0.3) is 11.6 Å². The van der Waals surface area contributed by atoms with Gasteiger partial charge in [-0.1, -0.05) is 42.5 Å². The summed E-state index contributed by atoms with van der Waals surface area (Å²) in [6, 6.07) is 18.9. The average Bonchev–Trinajstić information content (AvgIpc) is 2.69. The van der Waals surface area contributed by atoms with Crippen LogP contribution < -0.4 is 0 Å². The van der Waals surface area contributed by atoms with Gasteiger partial charge in [-0.15, -0.1) is 0 Å². The Labute approximate surface area is 101 Å². The highest BCUT2D eigenvalue weighted by molar-refractivity contribution is 6.17. The Balaban J connectivity index is 2.10. The number of allylic oxidation sites excluding steroid dienone is 1. The number of para-hydroxylation sites is 1. The molecule has 0 aliphatic carbocycles. The van der Waals surface area contributed by atoms with Crippen molar-refractivity contribution < 1.29 is 4.58 Å². The van der Waals surface area contributed by atoms with E-state index in [2.05, 4.69) is 72.4 Å². The van der Waals surface area contributed by atoms with Crippen LogP contribution in [0.15, 0.2) is 54.6 Å². The highest BCUT2D eigenvalue weighted by atomic mass is 15.0. The fourth-order valence-corrected chi connectivity index (χ4v) is 2.22. The fraction of sp³-hybridized carbons (Fsp3) is 0.0625. The first-order chi connectivity index (χ1) is 8.34. The molecule has 0 spiro atoms. The minimum absolute atomic E-state index is 1.24. The van der Waals surface area contributed by atoms with Gasteiger partial charge >= 0.3 is 0 Å². The molecule has 0 radical (unpaired) electrons. The highest BCUT2D eigenvalue weighted by Gasteiger charge is 2.21. The zero-order valence-corrected chi connectivity index (χ0v) is 9.80. The normalized spacial score (nSPS) is 15.8. The van der Waals surface area contributed by atoms with Crippen LogP contribution in [0.1, 0.15) is 11.1 Å². The molecule has 1 aliphatic rings. The summed E-state index contributed by atoms with van der Waals surface area (Å²) in [5.74, 6) is 0. The Morgan fingerprint density at radius 1 is 0.882 bits per heavy atom. The van der Waals surface area contributed by atoms with Gasteiger partial charge in [-0.05, 0) is 17.7 Å². The summed E-state index contributed by atoms with van der Waals surface area (Å²) in [4.78, 5) is 0. The molecule has 1 aliphatic heterocycles. The van der Waals surface area contributed by atoms with E-state index in [1.165, 1.54) is 22.4 Å². The summed E-state index contributed by atoms with van der Waals surface area (Å²) in [5, 5.41) is 0. The first-order valence-electron chi connectivity index (χ1n) is 5.78. The van der Waals surface area contributed by atoms with Crippen molar-refractivity contribution >= 4 is 23.6 Å². The second kappa shape index (κ2) is 4.02. The summed E-state index contributed by atoms with van der Waals surface area (Å²) in [7, 11) is 2.09. The monoisotopic (exact) mass is 220 g/mol. The van der Waals surface area contributed by atoms with Gasteiger partial charge in [0.15, 0.2) is 6.21 Å². The Kier molecular flexibility index (Phi) is 2.37. The van der Waals surface area contributed by atoms with Crippen LogP contribution in [-0.4, -0.2) is 17.8 Å². The molecule has 0 saturated carbocycles. The van der Waals surface area contributed by atoms with Gasteiger partial charge in [0.1, 0.15) is 7.05 Å². The largest absolute Gasteiger partial charge is 0.213 e. The Hall–Kier alpha value is -2.15. The summed E-state index contributed by atoms with van der Waals surface area (Å²) < 4.78 is 2.17. The molecule has 2 aromatic rings. The van der Waals surface area contributed by atoms with Crippen molar-refractivity contribution in [3.63, 3.8) is 0 Å². The lowest BCUT2D eigenvalue weighted by Gasteiger charge is -1.96. The summed E-state index contributed by atoms with van der Waals surface area (Å²) in [5.41, 5.74) is 5.09. The summed E-state index contributed by atoms with van der Waals surface area (Å²) in [6.07, 6.45) is 4.40. The first kappa shape index (κ1) is 10.0. The Morgan fingerprint density at radius 3 is 2.41 bits per heavy atom. The zero-order chi connectivity index (χ0) is 11.7. The Morgan fingerprint density at radius 2 is 1.59 bits per heavy atom. The van der Waals surface area contributed by atoms with Gasteiger partial charge in [0, 0.05) is 6.07 Å². The maximum Gasteiger partial charge on any atom is 0.213 e. The van der Waals surface area contributed by atoms with Crippen molar-refractivity contribution in [2.75, 3.05) is 7.05 Å². The molecule has 1 heterocycles. The van der Waals surface area contributed by atoms with E-state index in [4.69, 9.17) is 0 Å². The van der Waals surface area contributed by atoms with Gasteiger partial charge in [0.05, 0.1) is 11.1 Å². The number of rotatable bonds is 1. The number of hydrogen-bond acceptors (Lipinski definition) is 0. The van der Waals surface area contributed by atoms with E-state index in [1.54, 1.807) is 0 Å². The van der Waals surface area contributed by atoms with Crippen LogP contribution >= 0.6 is 0 Å². The lowest BCUT2D eigenvalue weighted by atomic mass is 10.0. The molecule has 2 aromatic carbocycles. The lowest BCUT2D eigenvalue weighted by molar-refractivity contribution is -0.395. The molecule has 82 valence electrons. The molecule has 0 atom stereocenters. The quantitative estimate of drug-likeness (QED) is 0.646. The summed E-state index contributed by atoms with van der Waals surface area (Å²) >= 11 is 0. The molecule has 3 rings (SSSR count). The van der Waals surface area contributed by atoms with Crippen molar-refractivity contribution in [2.45, 2.75) is 0 Å². The fourth-order valence-electron chi connectivity index (χ4n) is 2.22. The lowest BCUT2D eigenvalue weighted by Crippen LogP contribution is -1.91. The van der Waals surface area contributed by atoms with Crippen LogP contribution in [0.5, 0.6) is 0 Å². The van der Waals surface area contributed by atoms with E-state index in [9.17, 15) is 0 Å². The molecule has 1 nitrogen and oxygen atoms in total. The molecule has 0 amide bonds. The molecule has 1 heteroatoms. The van der Waals surface area contributed by atoms with Crippen LogP contribution in [-0.2, 0) is 0 Å². The second-order valence-corrected chi connectivity index (χ2v) is 4.27. The minimum Gasteiger partial charge on any atom is -0.200 e. The maximum absolute atomic E-state index is 2.22. The third-order valence-corrected chi connectivity index (χ3v) is 3.05. The van der Waals surface area contributed by atoms with Crippen LogP contribution in [0.3, 0.4) is 0 Å². The predicted octanol–water partition coefficient (Wildman–Crippen LogP) is 3.59. The minimum atomic E-state index is 1.24. The molecule has 17 heavy (non-hydrogen) atoms. The third kappa shape index (κ3) is 1.80. The molecule has 0 N–H and O–H groups in total. The van der Waals surface area contributed by atoms with Gasteiger partial charge in [0.25, 0.3) is 0 Å². The SMILES string of the molecule is C[N+]1=C/C(=C/c2ccccc2)c2ccccc21. The third-order valence-electron chi connectivity index (χ3n) is 3.05. The van der Waals surface area contributed by atoms with Gasteiger partial charge < -0.3 is 0 Å². The highest BCUT2D eigenvalue weighted by Crippen LogP contribution is 2.30. The molecular formula is C16H14N+. The van der Waals surface area contributed by atoms with E-state index in [0.29, 0.717) is 0 Å². The van der Waals surface area contributed by atoms with Crippen molar-refractivity contribution in [3.05, 3.63) is 65.7 Å². The van der Waals surface area contributed by atoms with Crippen LogP contribution in [0, 0.1) is 0 Å². The van der Waals surface area contributed by atoms with Crippen LogP contribution in [0.4, 0.5) is 5.69 Å². The number of hydrogen-bond donors (Lipinski definition) is 0. The number of fused-ring (bicyclic) bond motifs is 1. The first-order valence-corrected chi connectivity index (χ1v) is 5.78. The second-order valence-electron chi connectivity index (χ2n) is 4.27. The molecule has 0 fully saturated rings. The topological polar surface area (TPSA) is 3.01 Å². The Bertz CT molecular complexity index is 606. The van der Waals surface area contributed by atoms with Crippen LogP contribution in [0.2, 0.25) is 0 Å². The van der Waals surface area contributed by atoms with Crippen molar-refractivity contribution in [1.29, 1.82) is 0 Å². The number of nitrogens with zero attached hydrogens (tertiary/aromatic N) is 1. The van der Waals surface area contributed by atoms with Gasteiger partial charge in [-0.25, -0.2) is 4.58 Å². The van der Waals surface area contributed by atoms with E-state index in [1.807, 2.05) is 6.07 Å². The standard InChI is InChI=1S/C16H14N/c1-17-12-14(11-13-7-3-2-4-8-13)15-9-5-6-10-16(15)17/h2-12H,1H3/q+1/b14-11-. The van der Waals surface area contributed by atoms with E-state index in [-0.39, 0.29) is 0 Å². The predicted molar refractivity (Wildman–Crippen MR) is 72.7 cm³/mol. The van der Waals surface area contributed by atoms with E-state index >= 15 is 0 Å². The maximum atomic E-state index is 2.22. The van der Waals surface area contributed by atoms with Crippen molar-refractivity contribution in [2.24, 2.45) is 0 Å². The van der Waals surface area contributed by atoms with Crippen molar-refractivity contribution in [1.82, 2.24) is 0 Å². The van der Waals surface area contributed by atoms with Gasteiger partial charge in [0.2, 0.25) is 5.69 Å². The molecule has 0 aromatic heterocycles. The average molecular weight is 220 g/mol. The molecular weight excluding hydrogens is 206 g/mol. The molecule has 0 bridgehead atoms. The van der Waals surface area contributed by atoms with Gasteiger partial charge in [-0.3, -0.25) is 0 Å². The van der Waals surface area contributed by atoms with Gasteiger partial charge in [-0.2, -0.15) is 0 Å². The smallest absolute Gasteiger partial charge is 0.200 e. The number of benzene rings is 2. The van der Waals surface area contributed by atoms with E-state index < -0.39 is 0 Å². The summed E-state index contributed by atoms with van der Waals surface area (Å²) in [6.45, 7) is 0. The van der Waals surface area contributed by atoms with E-state index in [0.717, 1.165) is 0 Å². The molecule has 0 unspecified atom stereocenters. The zero-order valence-electron chi connectivity index (χ0n) is 9.80. The van der Waals surface area contributed by atoms with Crippen molar-refractivity contribution in [3.8, 4) is 0 Å².